The zero-order chi connectivity index (χ0) is 13.8. The number of aryl methyl sites for hydroxylation is 2. The van der Waals surface area contributed by atoms with E-state index in [-0.39, 0.29) is 0 Å². The van der Waals surface area contributed by atoms with Crippen molar-refractivity contribution in [1.29, 1.82) is 0 Å². The van der Waals surface area contributed by atoms with E-state index in [2.05, 4.69) is 30.2 Å². The molecule has 4 heteroatoms. The fraction of sp³-hybridized carbons (Fsp3) is 0.400. The molecule has 1 heterocycles. The van der Waals surface area contributed by atoms with Crippen molar-refractivity contribution >= 4 is 6.29 Å². The van der Waals surface area contributed by atoms with Crippen molar-refractivity contribution in [3.05, 3.63) is 35.5 Å². The smallest absolute Gasteiger partial charge is 0.172 e. The molecule has 1 aromatic carbocycles. The van der Waals surface area contributed by atoms with Gasteiger partial charge in [0.15, 0.2) is 12.0 Å². The Morgan fingerprint density at radius 3 is 2.79 bits per heavy atom. The summed E-state index contributed by atoms with van der Waals surface area (Å²) in [5.74, 6) is 0.592. The van der Waals surface area contributed by atoms with Gasteiger partial charge in [0.25, 0.3) is 0 Å². The van der Waals surface area contributed by atoms with Gasteiger partial charge in [-0.15, -0.1) is 5.10 Å². The van der Waals surface area contributed by atoms with Crippen LogP contribution in [-0.4, -0.2) is 21.3 Å². The molecule has 0 bridgehead atoms. The lowest BCUT2D eigenvalue weighted by atomic mass is 10.1. The van der Waals surface area contributed by atoms with Gasteiger partial charge in [-0.25, -0.2) is 4.68 Å². The molecule has 0 radical (unpaired) electrons. The number of aromatic nitrogens is 3. The summed E-state index contributed by atoms with van der Waals surface area (Å²) >= 11 is 0. The van der Waals surface area contributed by atoms with E-state index in [4.69, 9.17) is 0 Å². The van der Waals surface area contributed by atoms with E-state index >= 15 is 0 Å². The minimum absolute atomic E-state index is 0.411. The third-order valence-corrected chi connectivity index (χ3v) is 3.08. The molecule has 2 rings (SSSR count). The summed E-state index contributed by atoms with van der Waals surface area (Å²) < 4.78 is 1.83. The Morgan fingerprint density at radius 1 is 1.37 bits per heavy atom. The van der Waals surface area contributed by atoms with Crippen LogP contribution in [0.1, 0.15) is 36.3 Å². The fourth-order valence-electron chi connectivity index (χ4n) is 2.03. The first-order valence-corrected chi connectivity index (χ1v) is 6.57. The van der Waals surface area contributed by atoms with Gasteiger partial charge in [-0.3, -0.25) is 4.79 Å². The molecule has 0 amide bonds. The summed E-state index contributed by atoms with van der Waals surface area (Å²) in [6.07, 6.45) is 1.79. The second-order valence-electron chi connectivity index (χ2n) is 5.22. The molecular weight excluding hydrogens is 238 g/mol. The standard InChI is InChI=1S/C15H19N3O/c1-11(2)7-8-18-15(14(10-19)16-17-18)13-6-4-5-12(3)9-13/h4-6,9-11H,7-8H2,1-3H3. The number of hydrogen-bond acceptors (Lipinski definition) is 3. The lowest BCUT2D eigenvalue weighted by Gasteiger charge is -2.09. The Hall–Kier alpha value is -1.97. The van der Waals surface area contributed by atoms with Gasteiger partial charge >= 0.3 is 0 Å². The molecule has 0 aliphatic carbocycles. The second kappa shape index (κ2) is 5.78. The summed E-state index contributed by atoms with van der Waals surface area (Å²) in [6.45, 7) is 7.15. The minimum atomic E-state index is 0.411. The van der Waals surface area contributed by atoms with Gasteiger partial charge in [-0.1, -0.05) is 42.8 Å². The highest BCUT2D eigenvalue weighted by molar-refractivity contribution is 5.83. The van der Waals surface area contributed by atoms with Crippen molar-refractivity contribution in [3.8, 4) is 11.3 Å². The van der Waals surface area contributed by atoms with E-state index in [0.29, 0.717) is 11.6 Å². The molecule has 0 unspecified atom stereocenters. The molecule has 0 N–H and O–H groups in total. The summed E-state index contributed by atoms with van der Waals surface area (Å²) in [6, 6.07) is 8.06. The van der Waals surface area contributed by atoms with Crippen molar-refractivity contribution in [2.24, 2.45) is 5.92 Å². The van der Waals surface area contributed by atoms with Crippen LogP contribution in [0, 0.1) is 12.8 Å². The van der Waals surface area contributed by atoms with Crippen molar-refractivity contribution < 1.29 is 4.79 Å². The van der Waals surface area contributed by atoms with E-state index in [1.807, 2.05) is 29.8 Å². The van der Waals surface area contributed by atoms with Crippen molar-refractivity contribution in [3.63, 3.8) is 0 Å². The molecular formula is C15H19N3O. The van der Waals surface area contributed by atoms with Crippen molar-refractivity contribution in [1.82, 2.24) is 15.0 Å². The molecule has 0 saturated carbocycles. The normalized spacial score (nSPS) is 10.9. The van der Waals surface area contributed by atoms with Crippen LogP contribution in [0.25, 0.3) is 11.3 Å². The first-order valence-electron chi connectivity index (χ1n) is 6.57. The maximum Gasteiger partial charge on any atom is 0.172 e. The average molecular weight is 257 g/mol. The Balaban J connectivity index is 2.41. The number of nitrogens with zero attached hydrogens (tertiary/aromatic N) is 3. The van der Waals surface area contributed by atoms with Crippen LogP contribution in [0.3, 0.4) is 0 Å². The van der Waals surface area contributed by atoms with Crippen LogP contribution in [0.2, 0.25) is 0 Å². The lowest BCUT2D eigenvalue weighted by Crippen LogP contribution is -2.05. The van der Waals surface area contributed by atoms with Gasteiger partial charge in [0, 0.05) is 12.1 Å². The number of aldehydes is 1. The zero-order valence-electron chi connectivity index (χ0n) is 11.6. The lowest BCUT2D eigenvalue weighted by molar-refractivity contribution is 0.111. The first-order chi connectivity index (χ1) is 9.11. The Morgan fingerprint density at radius 2 is 2.16 bits per heavy atom. The van der Waals surface area contributed by atoms with Crippen molar-refractivity contribution in [2.75, 3.05) is 0 Å². The van der Waals surface area contributed by atoms with E-state index in [1.165, 1.54) is 0 Å². The third-order valence-electron chi connectivity index (χ3n) is 3.08. The molecule has 0 aliphatic heterocycles. The fourth-order valence-corrected chi connectivity index (χ4v) is 2.03. The molecule has 0 spiro atoms. The number of rotatable bonds is 5. The quantitative estimate of drug-likeness (QED) is 0.773. The largest absolute Gasteiger partial charge is 0.296 e. The van der Waals surface area contributed by atoms with Gasteiger partial charge in [0.2, 0.25) is 0 Å². The second-order valence-corrected chi connectivity index (χ2v) is 5.22. The molecule has 0 saturated heterocycles. The number of benzene rings is 1. The monoisotopic (exact) mass is 257 g/mol. The molecule has 100 valence electrons. The number of carbonyl (C=O) groups excluding carboxylic acids is 1. The van der Waals surface area contributed by atoms with Crippen LogP contribution in [0.4, 0.5) is 0 Å². The van der Waals surface area contributed by atoms with Crippen LogP contribution < -0.4 is 0 Å². The van der Waals surface area contributed by atoms with E-state index in [9.17, 15) is 4.79 Å². The van der Waals surface area contributed by atoms with Crippen molar-refractivity contribution in [2.45, 2.75) is 33.7 Å². The molecule has 0 fully saturated rings. The molecule has 0 aliphatic rings. The third kappa shape index (κ3) is 3.08. The van der Waals surface area contributed by atoms with Crippen LogP contribution >= 0.6 is 0 Å². The highest BCUT2D eigenvalue weighted by atomic mass is 16.1. The molecule has 0 atom stereocenters. The van der Waals surface area contributed by atoms with Gasteiger partial charge in [0.1, 0.15) is 0 Å². The van der Waals surface area contributed by atoms with E-state index in [0.717, 1.165) is 36.1 Å². The summed E-state index contributed by atoms with van der Waals surface area (Å²) in [7, 11) is 0. The summed E-state index contributed by atoms with van der Waals surface area (Å²) in [4.78, 5) is 11.1. The molecule has 1 aromatic heterocycles. The number of hydrogen-bond donors (Lipinski definition) is 0. The van der Waals surface area contributed by atoms with E-state index in [1.54, 1.807) is 0 Å². The minimum Gasteiger partial charge on any atom is -0.296 e. The summed E-state index contributed by atoms with van der Waals surface area (Å²) in [5.41, 5.74) is 3.38. The summed E-state index contributed by atoms with van der Waals surface area (Å²) in [5, 5.41) is 8.06. The SMILES string of the molecule is Cc1cccc(-c2c(C=O)nnn2CCC(C)C)c1. The van der Waals surface area contributed by atoms with Crippen LogP contribution in [0.5, 0.6) is 0 Å². The topological polar surface area (TPSA) is 47.8 Å². The maximum atomic E-state index is 11.1. The maximum absolute atomic E-state index is 11.1. The predicted molar refractivity (Wildman–Crippen MR) is 75.0 cm³/mol. The molecule has 19 heavy (non-hydrogen) atoms. The highest BCUT2D eigenvalue weighted by Gasteiger charge is 2.14. The Bertz CT molecular complexity index is 573. The Labute approximate surface area is 113 Å². The van der Waals surface area contributed by atoms with Gasteiger partial charge in [-0.2, -0.15) is 0 Å². The van der Waals surface area contributed by atoms with E-state index < -0.39 is 0 Å². The predicted octanol–water partition coefficient (Wildman–Crippen LogP) is 3.11. The van der Waals surface area contributed by atoms with Gasteiger partial charge in [0.05, 0.1) is 5.69 Å². The Kier molecular flexibility index (Phi) is 4.10. The molecule has 2 aromatic rings. The first kappa shape index (κ1) is 13.5. The van der Waals surface area contributed by atoms with Gasteiger partial charge < -0.3 is 0 Å². The van der Waals surface area contributed by atoms with Crippen LogP contribution in [0.15, 0.2) is 24.3 Å². The average Bonchev–Trinajstić information content (AvgIpc) is 2.79. The zero-order valence-corrected chi connectivity index (χ0v) is 11.6. The van der Waals surface area contributed by atoms with Gasteiger partial charge in [-0.05, 0) is 25.3 Å². The van der Waals surface area contributed by atoms with Crippen LogP contribution in [-0.2, 0) is 6.54 Å². The highest BCUT2D eigenvalue weighted by Crippen LogP contribution is 2.23. The number of carbonyl (C=O) groups is 1. The molecule has 4 nitrogen and oxygen atoms in total.